The average molecular weight is 403 g/mol. The number of aromatic nitrogens is 2. The molecule has 0 saturated heterocycles. The fourth-order valence-electron chi connectivity index (χ4n) is 3.51. The van der Waals surface area contributed by atoms with Crippen molar-refractivity contribution in [3.63, 3.8) is 0 Å². The number of carbonyl (C=O) groups excluding carboxylic acids is 1. The van der Waals surface area contributed by atoms with Crippen LogP contribution in [0.25, 0.3) is 10.8 Å². The molecule has 0 saturated carbocycles. The third-order valence-corrected chi connectivity index (χ3v) is 5.13. The highest BCUT2D eigenvalue weighted by atomic mass is 16.5. The van der Waals surface area contributed by atoms with Crippen molar-refractivity contribution >= 4 is 16.7 Å². The predicted octanol–water partition coefficient (Wildman–Crippen LogP) is 5.03. The highest BCUT2D eigenvalue weighted by Gasteiger charge is 2.18. The molecule has 6 nitrogen and oxygen atoms in total. The van der Waals surface area contributed by atoms with Crippen LogP contribution in [0, 0.1) is 6.92 Å². The summed E-state index contributed by atoms with van der Waals surface area (Å²) in [6.45, 7) is 6.96. The van der Waals surface area contributed by atoms with E-state index < -0.39 is 0 Å². The highest BCUT2D eigenvalue weighted by Crippen LogP contribution is 2.26. The predicted molar refractivity (Wildman–Crippen MR) is 116 cm³/mol. The lowest BCUT2D eigenvalue weighted by Gasteiger charge is -2.12. The van der Waals surface area contributed by atoms with E-state index in [0.717, 1.165) is 34.3 Å². The zero-order valence-corrected chi connectivity index (χ0v) is 17.4. The van der Waals surface area contributed by atoms with Gasteiger partial charge in [0.1, 0.15) is 18.1 Å². The second kappa shape index (κ2) is 8.45. The average Bonchev–Trinajstić information content (AvgIpc) is 3.38. The molecule has 0 radical (unpaired) electrons. The molecule has 1 N–H and O–H groups in total. The maximum atomic E-state index is 12.6. The molecule has 2 aromatic heterocycles. The van der Waals surface area contributed by atoms with Gasteiger partial charge in [-0.2, -0.15) is 5.10 Å². The first kappa shape index (κ1) is 19.8. The standard InChI is InChI=1S/C24H25N3O3/c1-4-27-14-21(17(3)26-27)16(2)25-24(28)23-13-12-19(30-23)15-29-22-11-7-9-18-8-5-6-10-20(18)22/h5-14,16H,4,15H2,1-3H3,(H,25,28). The Morgan fingerprint density at radius 3 is 2.77 bits per heavy atom. The molecule has 2 heterocycles. The summed E-state index contributed by atoms with van der Waals surface area (Å²) < 4.78 is 13.5. The fraction of sp³-hybridized carbons (Fsp3) is 0.250. The van der Waals surface area contributed by atoms with E-state index in [9.17, 15) is 4.79 Å². The van der Waals surface area contributed by atoms with Gasteiger partial charge in [-0.15, -0.1) is 0 Å². The summed E-state index contributed by atoms with van der Waals surface area (Å²) in [6.07, 6.45) is 1.96. The lowest BCUT2D eigenvalue weighted by Crippen LogP contribution is -2.26. The molecule has 0 aliphatic rings. The van der Waals surface area contributed by atoms with Gasteiger partial charge in [-0.25, -0.2) is 0 Å². The molecule has 0 spiro atoms. The molecular formula is C24H25N3O3. The van der Waals surface area contributed by atoms with Crippen LogP contribution in [-0.2, 0) is 13.2 Å². The van der Waals surface area contributed by atoms with Gasteiger partial charge in [-0.3, -0.25) is 9.48 Å². The first-order valence-electron chi connectivity index (χ1n) is 10.1. The maximum absolute atomic E-state index is 12.6. The second-order valence-corrected chi connectivity index (χ2v) is 7.25. The quantitative estimate of drug-likeness (QED) is 0.470. The third kappa shape index (κ3) is 4.08. The van der Waals surface area contributed by atoms with Gasteiger partial charge in [0, 0.05) is 23.7 Å². The summed E-state index contributed by atoms with van der Waals surface area (Å²) in [6, 6.07) is 17.3. The summed E-state index contributed by atoms with van der Waals surface area (Å²) in [5, 5.41) is 9.57. The Kier molecular flexibility index (Phi) is 5.57. The van der Waals surface area contributed by atoms with Crippen LogP contribution in [0.15, 0.2) is 65.2 Å². The van der Waals surface area contributed by atoms with Crippen LogP contribution in [0.1, 0.15) is 47.5 Å². The molecular weight excluding hydrogens is 378 g/mol. The lowest BCUT2D eigenvalue weighted by molar-refractivity contribution is 0.0907. The summed E-state index contributed by atoms with van der Waals surface area (Å²) >= 11 is 0. The van der Waals surface area contributed by atoms with Gasteiger partial charge < -0.3 is 14.5 Å². The number of aryl methyl sites for hydroxylation is 2. The Hall–Kier alpha value is -3.54. The van der Waals surface area contributed by atoms with Crippen molar-refractivity contribution in [3.8, 4) is 5.75 Å². The lowest BCUT2D eigenvalue weighted by atomic mass is 10.1. The van der Waals surface area contributed by atoms with E-state index in [0.29, 0.717) is 5.76 Å². The van der Waals surface area contributed by atoms with Gasteiger partial charge in [-0.1, -0.05) is 36.4 Å². The number of fused-ring (bicyclic) bond motifs is 1. The van der Waals surface area contributed by atoms with Crippen LogP contribution in [0.2, 0.25) is 0 Å². The van der Waals surface area contributed by atoms with Crippen LogP contribution in [0.5, 0.6) is 5.75 Å². The number of rotatable bonds is 7. The number of nitrogens with one attached hydrogen (secondary N) is 1. The van der Waals surface area contributed by atoms with Crippen molar-refractivity contribution in [1.29, 1.82) is 0 Å². The molecule has 0 aliphatic carbocycles. The first-order valence-corrected chi connectivity index (χ1v) is 10.1. The van der Waals surface area contributed by atoms with Gasteiger partial charge in [0.05, 0.1) is 11.7 Å². The van der Waals surface area contributed by atoms with Crippen molar-refractivity contribution < 1.29 is 13.9 Å². The molecule has 4 rings (SSSR count). The first-order chi connectivity index (χ1) is 14.5. The van der Waals surface area contributed by atoms with E-state index in [1.165, 1.54) is 0 Å². The number of amides is 1. The second-order valence-electron chi connectivity index (χ2n) is 7.25. The van der Waals surface area contributed by atoms with Gasteiger partial charge in [0.2, 0.25) is 0 Å². The number of nitrogens with zero attached hydrogens (tertiary/aromatic N) is 2. The molecule has 0 bridgehead atoms. The molecule has 6 heteroatoms. The molecule has 2 aromatic carbocycles. The van der Waals surface area contributed by atoms with E-state index in [1.807, 2.05) is 74.1 Å². The molecule has 0 aliphatic heterocycles. The Balaban J connectivity index is 1.40. The van der Waals surface area contributed by atoms with E-state index in [4.69, 9.17) is 9.15 Å². The molecule has 1 atom stereocenters. The third-order valence-electron chi connectivity index (χ3n) is 5.13. The number of carbonyl (C=O) groups is 1. The number of furan rings is 1. The molecule has 1 amide bonds. The van der Waals surface area contributed by atoms with Crippen molar-refractivity contribution in [2.75, 3.05) is 0 Å². The smallest absolute Gasteiger partial charge is 0.287 e. The Labute approximate surface area is 175 Å². The normalized spacial score (nSPS) is 12.1. The van der Waals surface area contributed by atoms with Crippen LogP contribution in [-0.4, -0.2) is 15.7 Å². The summed E-state index contributed by atoms with van der Waals surface area (Å²) in [7, 11) is 0. The summed E-state index contributed by atoms with van der Waals surface area (Å²) in [4.78, 5) is 12.6. The van der Waals surface area contributed by atoms with E-state index >= 15 is 0 Å². The SMILES string of the molecule is CCn1cc(C(C)NC(=O)c2ccc(COc3cccc4ccccc34)o2)c(C)n1. The van der Waals surface area contributed by atoms with Crippen molar-refractivity contribution in [2.24, 2.45) is 0 Å². The van der Waals surface area contributed by atoms with Crippen LogP contribution in [0.3, 0.4) is 0 Å². The Morgan fingerprint density at radius 1 is 1.17 bits per heavy atom. The minimum absolute atomic E-state index is 0.168. The van der Waals surface area contributed by atoms with Gasteiger partial charge in [0.25, 0.3) is 5.91 Å². The molecule has 1 unspecified atom stereocenters. The number of hydrogen-bond donors (Lipinski definition) is 1. The number of ether oxygens (including phenoxy) is 1. The zero-order chi connectivity index (χ0) is 21.1. The minimum Gasteiger partial charge on any atom is -0.485 e. The van der Waals surface area contributed by atoms with E-state index in [1.54, 1.807) is 12.1 Å². The molecule has 154 valence electrons. The van der Waals surface area contributed by atoms with Crippen LogP contribution >= 0.6 is 0 Å². The van der Waals surface area contributed by atoms with Gasteiger partial charge in [-0.05, 0) is 44.4 Å². The number of hydrogen-bond acceptors (Lipinski definition) is 4. The molecule has 30 heavy (non-hydrogen) atoms. The monoisotopic (exact) mass is 403 g/mol. The Bertz CT molecular complexity index is 1170. The van der Waals surface area contributed by atoms with Crippen LogP contribution in [0.4, 0.5) is 0 Å². The highest BCUT2D eigenvalue weighted by molar-refractivity contribution is 5.91. The number of benzene rings is 2. The van der Waals surface area contributed by atoms with Gasteiger partial charge >= 0.3 is 0 Å². The minimum atomic E-state index is -0.262. The van der Waals surface area contributed by atoms with Crippen molar-refractivity contribution in [3.05, 3.63) is 83.6 Å². The van der Waals surface area contributed by atoms with Gasteiger partial charge in [0.15, 0.2) is 5.76 Å². The molecule has 0 fully saturated rings. The maximum Gasteiger partial charge on any atom is 0.287 e. The van der Waals surface area contributed by atoms with Crippen molar-refractivity contribution in [2.45, 2.75) is 40.0 Å². The zero-order valence-electron chi connectivity index (χ0n) is 17.4. The molecule has 4 aromatic rings. The fourth-order valence-corrected chi connectivity index (χ4v) is 3.51. The van der Waals surface area contributed by atoms with Crippen LogP contribution < -0.4 is 10.1 Å². The van der Waals surface area contributed by atoms with E-state index in [-0.39, 0.29) is 24.3 Å². The Morgan fingerprint density at radius 2 is 1.97 bits per heavy atom. The largest absolute Gasteiger partial charge is 0.485 e. The van der Waals surface area contributed by atoms with E-state index in [2.05, 4.69) is 10.4 Å². The topological polar surface area (TPSA) is 69.3 Å². The summed E-state index contributed by atoms with van der Waals surface area (Å²) in [5.74, 6) is 1.38. The summed E-state index contributed by atoms with van der Waals surface area (Å²) in [5.41, 5.74) is 1.91. The van der Waals surface area contributed by atoms with Crippen molar-refractivity contribution in [1.82, 2.24) is 15.1 Å².